The molecule has 21 heavy (non-hydrogen) atoms. The normalized spacial score (nSPS) is 13.6. The number of para-hydroxylation sites is 1. The van der Waals surface area contributed by atoms with E-state index in [-0.39, 0.29) is 11.3 Å². The summed E-state index contributed by atoms with van der Waals surface area (Å²) in [5.41, 5.74) is 0.278. The van der Waals surface area contributed by atoms with Crippen LogP contribution in [0.1, 0.15) is 5.56 Å². The Balaban J connectivity index is 2.77. The minimum atomic E-state index is -2.38. The van der Waals surface area contributed by atoms with Crippen molar-refractivity contribution >= 4 is 24.0 Å². The van der Waals surface area contributed by atoms with Gasteiger partial charge in [0.15, 0.2) is 6.10 Å². The van der Waals surface area contributed by atoms with Crippen molar-refractivity contribution in [3.05, 3.63) is 35.9 Å². The standard InChI is InChI=1S/C13H12O8/c14-8-4-2-1-3-7(8)5-6-9(15)21-11(13(19)20)10(16)12(17)18/h1-6,10-11,14,16H,(H,17,18)(H,19,20)/b6-5+. The Morgan fingerprint density at radius 3 is 2.24 bits per heavy atom. The Labute approximate surface area is 118 Å². The number of benzene rings is 1. The Morgan fingerprint density at radius 2 is 1.71 bits per heavy atom. The molecule has 0 saturated carbocycles. The van der Waals surface area contributed by atoms with E-state index in [1.54, 1.807) is 12.1 Å². The molecule has 4 N–H and O–H groups in total. The lowest BCUT2D eigenvalue weighted by molar-refractivity contribution is -0.176. The molecule has 0 amide bonds. The zero-order valence-corrected chi connectivity index (χ0v) is 10.5. The second-order valence-corrected chi connectivity index (χ2v) is 3.87. The van der Waals surface area contributed by atoms with Crippen LogP contribution in [-0.4, -0.2) is 50.5 Å². The van der Waals surface area contributed by atoms with E-state index >= 15 is 0 Å². The zero-order valence-electron chi connectivity index (χ0n) is 10.5. The monoisotopic (exact) mass is 296 g/mol. The molecule has 0 heterocycles. The SMILES string of the molecule is O=C(/C=C/c1ccccc1O)OC(C(=O)O)C(O)C(=O)O. The molecule has 8 heteroatoms. The first-order chi connectivity index (χ1) is 9.82. The number of rotatable bonds is 6. The lowest BCUT2D eigenvalue weighted by Crippen LogP contribution is -2.42. The number of carboxylic acids is 2. The number of esters is 1. The van der Waals surface area contributed by atoms with Crippen molar-refractivity contribution in [1.82, 2.24) is 0 Å². The number of carbonyl (C=O) groups excluding carboxylic acids is 1. The number of phenolic OH excluding ortho intramolecular Hbond substituents is 1. The van der Waals surface area contributed by atoms with Crippen LogP contribution in [-0.2, 0) is 19.1 Å². The van der Waals surface area contributed by atoms with Crippen LogP contribution in [0.5, 0.6) is 5.75 Å². The van der Waals surface area contributed by atoms with Crippen molar-refractivity contribution in [2.75, 3.05) is 0 Å². The quantitative estimate of drug-likeness (QED) is 0.419. The van der Waals surface area contributed by atoms with Gasteiger partial charge < -0.3 is 25.2 Å². The number of aliphatic carboxylic acids is 2. The van der Waals surface area contributed by atoms with E-state index in [1.165, 1.54) is 12.1 Å². The fourth-order valence-electron chi connectivity index (χ4n) is 1.33. The number of phenols is 1. The molecule has 112 valence electrons. The Morgan fingerprint density at radius 1 is 1.10 bits per heavy atom. The van der Waals surface area contributed by atoms with Gasteiger partial charge in [0, 0.05) is 11.6 Å². The van der Waals surface area contributed by atoms with Gasteiger partial charge in [0.1, 0.15) is 5.75 Å². The van der Waals surface area contributed by atoms with Crippen molar-refractivity contribution < 1.29 is 39.5 Å². The zero-order chi connectivity index (χ0) is 16.0. The molecule has 2 unspecified atom stereocenters. The molecule has 0 spiro atoms. The van der Waals surface area contributed by atoms with Gasteiger partial charge in [-0.25, -0.2) is 14.4 Å². The second kappa shape index (κ2) is 7.06. The minimum Gasteiger partial charge on any atom is -0.507 e. The molecular weight excluding hydrogens is 284 g/mol. The first-order valence-corrected chi connectivity index (χ1v) is 5.63. The highest BCUT2D eigenvalue weighted by atomic mass is 16.6. The van der Waals surface area contributed by atoms with Crippen molar-refractivity contribution in [2.24, 2.45) is 0 Å². The predicted octanol–water partition coefficient (Wildman–Crippen LogP) is -0.153. The lowest BCUT2D eigenvalue weighted by Gasteiger charge is -2.15. The minimum absolute atomic E-state index is 0.109. The van der Waals surface area contributed by atoms with Crippen LogP contribution < -0.4 is 0 Å². The highest BCUT2D eigenvalue weighted by molar-refractivity contribution is 5.91. The first-order valence-electron chi connectivity index (χ1n) is 5.63. The molecule has 0 radical (unpaired) electrons. The maximum absolute atomic E-state index is 11.4. The van der Waals surface area contributed by atoms with Crippen LogP contribution in [0.3, 0.4) is 0 Å². The number of carboxylic acid groups (broad SMARTS) is 2. The third-order valence-electron chi connectivity index (χ3n) is 2.36. The molecule has 2 atom stereocenters. The van der Waals surface area contributed by atoms with Gasteiger partial charge >= 0.3 is 17.9 Å². The van der Waals surface area contributed by atoms with Crippen LogP contribution >= 0.6 is 0 Å². The van der Waals surface area contributed by atoms with Crippen molar-refractivity contribution in [3.63, 3.8) is 0 Å². The highest BCUT2D eigenvalue weighted by Crippen LogP contribution is 2.17. The summed E-state index contributed by atoms with van der Waals surface area (Å²) in [5.74, 6) is -4.91. The number of carbonyl (C=O) groups is 3. The van der Waals surface area contributed by atoms with E-state index in [2.05, 4.69) is 4.74 Å². The summed E-state index contributed by atoms with van der Waals surface area (Å²) in [6, 6.07) is 6.02. The Bertz CT molecular complexity index is 577. The number of aliphatic hydroxyl groups excluding tert-OH is 1. The van der Waals surface area contributed by atoms with Gasteiger partial charge in [0.25, 0.3) is 0 Å². The summed E-state index contributed by atoms with van der Waals surface area (Å²) in [5, 5.41) is 35.8. The molecule has 1 aromatic rings. The number of hydrogen-bond acceptors (Lipinski definition) is 6. The Hall–Kier alpha value is -2.87. The van der Waals surface area contributed by atoms with Crippen molar-refractivity contribution in [2.45, 2.75) is 12.2 Å². The van der Waals surface area contributed by atoms with Crippen LogP contribution in [0, 0.1) is 0 Å². The molecule has 0 aromatic heterocycles. The van der Waals surface area contributed by atoms with E-state index in [1.807, 2.05) is 0 Å². The summed E-state index contributed by atoms with van der Waals surface area (Å²) in [6.07, 6.45) is -2.66. The smallest absolute Gasteiger partial charge is 0.348 e. The summed E-state index contributed by atoms with van der Waals surface area (Å²) >= 11 is 0. The summed E-state index contributed by atoms with van der Waals surface area (Å²) in [6.45, 7) is 0. The lowest BCUT2D eigenvalue weighted by atomic mass is 10.2. The predicted molar refractivity (Wildman–Crippen MR) is 68.3 cm³/mol. The molecule has 0 bridgehead atoms. The van der Waals surface area contributed by atoms with Crippen molar-refractivity contribution in [3.8, 4) is 5.75 Å². The molecular formula is C13H12O8. The summed E-state index contributed by atoms with van der Waals surface area (Å²) in [7, 11) is 0. The van der Waals surface area contributed by atoms with Gasteiger partial charge in [-0.3, -0.25) is 0 Å². The van der Waals surface area contributed by atoms with E-state index in [9.17, 15) is 19.5 Å². The van der Waals surface area contributed by atoms with Gasteiger partial charge in [0.2, 0.25) is 6.10 Å². The van der Waals surface area contributed by atoms with Crippen LogP contribution in [0.4, 0.5) is 0 Å². The van der Waals surface area contributed by atoms with Gasteiger partial charge in [-0.15, -0.1) is 0 Å². The Kier molecular flexibility index (Phi) is 5.44. The van der Waals surface area contributed by atoms with Crippen molar-refractivity contribution in [1.29, 1.82) is 0 Å². The molecule has 0 aliphatic carbocycles. The van der Waals surface area contributed by atoms with Gasteiger partial charge in [-0.05, 0) is 12.1 Å². The van der Waals surface area contributed by atoms with Gasteiger partial charge in [0.05, 0.1) is 0 Å². The average Bonchev–Trinajstić information content (AvgIpc) is 2.42. The number of aromatic hydroxyl groups is 1. The molecule has 0 aliphatic rings. The molecule has 0 saturated heterocycles. The van der Waals surface area contributed by atoms with Crippen LogP contribution in [0.2, 0.25) is 0 Å². The number of hydrogen-bond donors (Lipinski definition) is 4. The van der Waals surface area contributed by atoms with E-state index in [0.29, 0.717) is 0 Å². The highest BCUT2D eigenvalue weighted by Gasteiger charge is 2.35. The fourth-order valence-corrected chi connectivity index (χ4v) is 1.33. The van der Waals surface area contributed by atoms with Crippen LogP contribution in [0.15, 0.2) is 30.3 Å². The van der Waals surface area contributed by atoms with E-state index in [0.717, 1.165) is 12.2 Å². The number of aliphatic hydroxyl groups is 1. The average molecular weight is 296 g/mol. The maximum Gasteiger partial charge on any atom is 0.348 e. The van der Waals surface area contributed by atoms with Gasteiger partial charge in [-0.1, -0.05) is 18.2 Å². The molecule has 1 rings (SSSR count). The van der Waals surface area contributed by atoms with Crippen LogP contribution in [0.25, 0.3) is 6.08 Å². The third-order valence-corrected chi connectivity index (χ3v) is 2.36. The largest absolute Gasteiger partial charge is 0.507 e. The molecule has 1 aromatic carbocycles. The van der Waals surface area contributed by atoms with E-state index in [4.69, 9.17) is 15.3 Å². The third kappa shape index (κ3) is 4.62. The van der Waals surface area contributed by atoms with E-state index < -0.39 is 30.1 Å². The second-order valence-electron chi connectivity index (χ2n) is 3.87. The molecule has 0 fully saturated rings. The number of ether oxygens (including phenoxy) is 1. The molecule has 0 aliphatic heterocycles. The maximum atomic E-state index is 11.4. The molecule has 8 nitrogen and oxygen atoms in total. The van der Waals surface area contributed by atoms with Gasteiger partial charge in [-0.2, -0.15) is 0 Å². The summed E-state index contributed by atoms with van der Waals surface area (Å²) < 4.78 is 4.36. The first kappa shape index (κ1) is 16.2. The summed E-state index contributed by atoms with van der Waals surface area (Å²) in [4.78, 5) is 32.7. The fraction of sp³-hybridized carbons (Fsp3) is 0.154. The topological polar surface area (TPSA) is 141 Å².